The number of halogens is 6. The molecular weight excluding hydrogens is 290 g/mol. The van der Waals surface area contributed by atoms with E-state index in [2.05, 4.69) is 6.58 Å². The Morgan fingerprint density at radius 3 is 1.80 bits per heavy atom. The Morgan fingerprint density at radius 2 is 1.45 bits per heavy atom. The van der Waals surface area contributed by atoms with E-state index in [-0.39, 0.29) is 6.61 Å². The van der Waals surface area contributed by atoms with Crippen LogP contribution in [0.1, 0.15) is 11.1 Å². The maximum atomic E-state index is 12.6. The molecule has 0 fully saturated rings. The molecule has 0 amide bonds. The Balaban J connectivity index is 3.20. The van der Waals surface area contributed by atoms with Crippen molar-refractivity contribution in [2.24, 2.45) is 0 Å². The van der Waals surface area contributed by atoms with Crippen LogP contribution >= 0.6 is 0 Å². The highest BCUT2D eigenvalue weighted by Gasteiger charge is 2.71. The SMILES string of the molecule is C=COCc1ccc(C(O)(C(F)(F)F)C(F)(F)F)cc1. The van der Waals surface area contributed by atoms with Crippen LogP contribution in [0.2, 0.25) is 0 Å². The van der Waals surface area contributed by atoms with E-state index in [4.69, 9.17) is 9.84 Å². The number of ether oxygens (including phenoxy) is 1. The number of alkyl halides is 6. The first kappa shape index (κ1) is 16.4. The smallest absolute Gasteiger partial charge is 0.430 e. The molecule has 20 heavy (non-hydrogen) atoms. The second kappa shape index (κ2) is 5.35. The summed E-state index contributed by atoms with van der Waals surface area (Å²) in [5, 5.41) is 9.13. The fourth-order valence-electron chi connectivity index (χ4n) is 1.49. The predicted octanol–water partition coefficient (Wildman–Crippen LogP) is 3.66. The van der Waals surface area contributed by atoms with Gasteiger partial charge in [-0.2, -0.15) is 26.3 Å². The minimum atomic E-state index is -5.88. The average Bonchev–Trinajstić information content (AvgIpc) is 2.33. The van der Waals surface area contributed by atoms with E-state index < -0.39 is 23.5 Å². The number of aliphatic hydroxyl groups is 1. The summed E-state index contributed by atoms with van der Waals surface area (Å²) >= 11 is 0. The first-order chi connectivity index (χ1) is 9.04. The molecule has 0 aliphatic carbocycles. The molecule has 0 aromatic heterocycles. The van der Waals surface area contributed by atoms with Crippen molar-refractivity contribution in [2.45, 2.75) is 24.6 Å². The molecule has 0 unspecified atom stereocenters. The van der Waals surface area contributed by atoms with Crippen molar-refractivity contribution in [3.8, 4) is 0 Å². The van der Waals surface area contributed by atoms with Gasteiger partial charge in [0.25, 0.3) is 5.60 Å². The second-order valence-corrected chi connectivity index (χ2v) is 3.88. The van der Waals surface area contributed by atoms with E-state index in [0.29, 0.717) is 17.7 Å². The van der Waals surface area contributed by atoms with Crippen LogP contribution in [0.15, 0.2) is 37.1 Å². The molecule has 1 aromatic carbocycles. The molecule has 8 heteroatoms. The first-order valence-corrected chi connectivity index (χ1v) is 5.22. The molecule has 1 aromatic rings. The summed E-state index contributed by atoms with van der Waals surface area (Å²) in [5.41, 5.74) is -5.88. The van der Waals surface area contributed by atoms with Crippen LogP contribution in [0.5, 0.6) is 0 Å². The van der Waals surface area contributed by atoms with Gasteiger partial charge in [-0.05, 0) is 5.56 Å². The van der Waals surface area contributed by atoms with Crippen molar-refractivity contribution in [2.75, 3.05) is 0 Å². The van der Waals surface area contributed by atoms with Crippen molar-refractivity contribution in [1.82, 2.24) is 0 Å². The zero-order valence-electron chi connectivity index (χ0n) is 9.92. The van der Waals surface area contributed by atoms with Crippen LogP contribution < -0.4 is 0 Å². The van der Waals surface area contributed by atoms with Crippen molar-refractivity contribution >= 4 is 0 Å². The lowest BCUT2D eigenvalue weighted by atomic mass is 9.91. The van der Waals surface area contributed by atoms with E-state index in [9.17, 15) is 26.3 Å². The maximum absolute atomic E-state index is 12.6. The number of hydrogen-bond acceptors (Lipinski definition) is 2. The molecule has 0 heterocycles. The van der Waals surface area contributed by atoms with Gasteiger partial charge in [0, 0.05) is 5.56 Å². The van der Waals surface area contributed by atoms with Gasteiger partial charge in [0.2, 0.25) is 0 Å². The summed E-state index contributed by atoms with van der Waals surface area (Å²) in [6.45, 7) is 3.18. The van der Waals surface area contributed by atoms with Gasteiger partial charge < -0.3 is 9.84 Å². The van der Waals surface area contributed by atoms with E-state index in [1.165, 1.54) is 0 Å². The third kappa shape index (κ3) is 2.90. The minimum Gasteiger partial charge on any atom is -0.497 e. The van der Waals surface area contributed by atoms with E-state index in [1.54, 1.807) is 0 Å². The Hall–Kier alpha value is -1.70. The van der Waals surface area contributed by atoms with E-state index in [0.717, 1.165) is 18.4 Å². The maximum Gasteiger partial charge on any atom is 0.430 e. The molecule has 1 rings (SSSR count). The highest BCUT2D eigenvalue weighted by molar-refractivity contribution is 5.30. The van der Waals surface area contributed by atoms with Crippen LogP contribution in [0.4, 0.5) is 26.3 Å². The summed E-state index contributed by atoms with van der Waals surface area (Å²) in [5.74, 6) is 0. The monoisotopic (exact) mass is 300 g/mol. The zero-order chi connectivity index (χ0) is 15.6. The number of rotatable bonds is 4. The van der Waals surface area contributed by atoms with Gasteiger partial charge in [0.05, 0.1) is 6.26 Å². The van der Waals surface area contributed by atoms with Crippen molar-refractivity contribution < 1.29 is 36.2 Å². The second-order valence-electron chi connectivity index (χ2n) is 3.88. The number of hydrogen-bond donors (Lipinski definition) is 1. The van der Waals surface area contributed by atoms with Crippen LogP contribution in [0, 0.1) is 0 Å². The Kier molecular flexibility index (Phi) is 4.38. The van der Waals surface area contributed by atoms with Gasteiger partial charge in [0.1, 0.15) is 6.61 Å². The number of benzene rings is 1. The lowest BCUT2D eigenvalue weighted by Crippen LogP contribution is -2.53. The van der Waals surface area contributed by atoms with Crippen LogP contribution in [-0.2, 0) is 16.9 Å². The molecule has 0 aliphatic heterocycles. The summed E-state index contributed by atoms with van der Waals surface area (Å²) in [6, 6.07) is 3.12. The van der Waals surface area contributed by atoms with Gasteiger partial charge in [0.15, 0.2) is 0 Å². The molecule has 0 atom stereocenters. The molecule has 1 N–H and O–H groups in total. The largest absolute Gasteiger partial charge is 0.497 e. The lowest BCUT2D eigenvalue weighted by molar-refractivity contribution is -0.376. The van der Waals surface area contributed by atoms with Crippen LogP contribution in [0.3, 0.4) is 0 Å². The molecule has 2 nitrogen and oxygen atoms in total. The highest BCUT2D eigenvalue weighted by atomic mass is 19.4. The van der Waals surface area contributed by atoms with Gasteiger partial charge in [-0.25, -0.2) is 0 Å². The predicted molar refractivity (Wildman–Crippen MR) is 57.4 cm³/mol. The van der Waals surface area contributed by atoms with Gasteiger partial charge in [-0.1, -0.05) is 30.8 Å². The summed E-state index contributed by atoms with van der Waals surface area (Å²) < 4.78 is 80.2. The average molecular weight is 300 g/mol. The van der Waals surface area contributed by atoms with E-state index in [1.807, 2.05) is 0 Å². The Bertz CT molecular complexity index is 446. The molecule has 112 valence electrons. The normalized spacial score (nSPS) is 13.2. The first-order valence-electron chi connectivity index (χ1n) is 5.22. The van der Waals surface area contributed by atoms with Crippen LogP contribution in [-0.4, -0.2) is 17.5 Å². The third-order valence-corrected chi connectivity index (χ3v) is 2.56. The van der Waals surface area contributed by atoms with Crippen molar-refractivity contribution in [1.29, 1.82) is 0 Å². The van der Waals surface area contributed by atoms with E-state index >= 15 is 0 Å². The highest BCUT2D eigenvalue weighted by Crippen LogP contribution is 2.49. The fraction of sp³-hybridized carbons (Fsp3) is 0.333. The summed E-state index contributed by atoms with van der Waals surface area (Å²) in [6.07, 6.45) is -10.7. The molecular formula is C12H10F6O2. The summed E-state index contributed by atoms with van der Waals surface area (Å²) in [4.78, 5) is 0. The van der Waals surface area contributed by atoms with Crippen molar-refractivity contribution in [3.63, 3.8) is 0 Å². The third-order valence-electron chi connectivity index (χ3n) is 2.56. The Labute approximate surface area is 110 Å². The summed E-state index contributed by atoms with van der Waals surface area (Å²) in [7, 11) is 0. The standard InChI is InChI=1S/C12H10F6O2/c1-2-20-7-8-3-5-9(6-4-8)10(19,11(13,14)15)12(16,17)18/h2-6,19H,1,7H2. The van der Waals surface area contributed by atoms with Gasteiger partial charge in [-0.15, -0.1) is 0 Å². The molecule has 0 saturated carbocycles. The molecule has 0 spiro atoms. The molecule has 0 radical (unpaired) electrons. The molecule has 0 aliphatic rings. The lowest BCUT2D eigenvalue weighted by Gasteiger charge is -2.32. The van der Waals surface area contributed by atoms with Gasteiger partial charge in [-0.3, -0.25) is 0 Å². The molecule has 0 saturated heterocycles. The van der Waals surface area contributed by atoms with Crippen LogP contribution in [0.25, 0.3) is 0 Å². The fourth-order valence-corrected chi connectivity index (χ4v) is 1.49. The topological polar surface area (TPSA) is 29.5 Å². The van der Waals surface area contributed by atoms with Crippen molar-refractivity contribution in [3.05, 3.63) is 48.2 Å². The molecule has 0 bridgehead atoms. The van der Waals surface area contributed by atoms with Gasteiger partial charge >= 0.3 is 12.4 Å². The quantitative estimate of drug-likeness (QED) is 0.679. The zero-order valence-corrected chi connectivity index (χ0v) is 9.92. The minimum absolute atomic E-state index is 0.0553. The Morgan fingerprint density at radius 1 is 1.00 bits per heavy atom.